The summed E-state index contributed by atoms with van der Waals surface area (Å²) in [6, 6.07) is 18.6. The molecule has 5 rings (SSSR count). The second kappa shape index (κ2) is 8.75. The predicted molar refractivity (Wildman–Crippen MR) is 127 cm³/mol. The second-order valence-electron chi connectivity index (χ2n) is 8.51. The third-order valence-corrected chi connectivity index (χ3v) is 7.25. The molecule has 0 spiro atoms. The van der Waals surface area contributed by atoms with Gasteiger partial charge in [-0.05, 0) is 48.2 Å². The molecule has 1 aliphatic carbocycles. The van der Waals surface area contributed by atoms with E-state index in [1.807, 2.05) is 36.4 Å². The molecule has 1 aliphatic heterocycles. The van der Waals surface area contributed by atoms with Gasteiger partial charge in [0.05, 0.1) is 4.91 Å². The normalized spacial score (nSPS) is 19.1. The Morgan fingerprint density at radius 1 is 0.935 bits per heavy atom. The fourth-order valence-corrected chi connectivity index (χ4v) is 5.57. The average molecular weight is 431 g/mol. The first-order valence-electron chi connectivity index (χ1n) is 11.1. The molecule has 1 aromatic heterocycles. The average Bonchev–Trinajstić information content (AvgIpc) is 3.27. The van der Waals surface area contributed by atoms with Crippen molar-refractivity contribution in [1.82, 2.24) is 9.47 Å². The second-order valence-corrected chi connectivity index (χ2v) is 9.50. The highest BCUT2D eigenvalue weighted by Crippen LogP contribution is 2.36. The van der Waals surface area contributed by atoms with Crippen LogP contribution in [0.1, 0.15) is 43.2 Å². The minimum absolute atomic E-state index is 0.130. The van der Waals surface area contributed by atoms with Gasteiger partial charge in [0.2, 0.25) is 0 Å². The Hall–Kier alpha value is -2.79. The van der Waals surface area contributed by atoms with Crippen LogP contribution in [0.2, 0.25) is 0 Å². The van der Waals surface area contributed by atoms with Gasteiger partial charge in [0.25, 0.3) is 11.1 Å². The summed E-state index contributed by atoms with van der Waals surface area (Å²) < 4.78 is 2.21. The summed E-state index contributed by atoms with van der Waals surface area (Å²) in [4.78, 5) is 27.6. The van der Waals surface area contributed by atoms with E-state index >= 15 is 0 Å². The van der Waals surface area contributed by atoms with E-state index in [2.05, 4.69) is 35.0 Å². The largest absolute Gasteiger partial charge is 0.342 e. The number of nitrogens with zero attached hydrogens (tertiary/aromatic N) is 2. The van der Waals surface area contributed by atoms with Gasteiger partial charge >= 0.3 is 0 Å². The number of amides is 2. The van der Waals surface area contributed by atoms with E-state index in [1.165, 1.54) is 29.7 Å². The zero-order valence-corrected chi connectivity index (χ0v) is 18.3. The number of hydrogen-bond acceptors (Lipinski definition) is 3. The van der Waals surface area contributed by atoms with Gasteiger partial charge in [-0.25, -0.2) is 0 Å². The standard InChI is InChI=1S/C26H26N2O2S/c29-25-24(31-26(30)28(25)17-20-11-5-2-6-12-20)15-21-18-27(16-19-9-3-1-4-10-19)23-14-8-7-13-22(21)23/h1,3-4,7-10,13-15,18,20H,2,5-6,11-12,16-17H2/b24-15+. The molecule has 2 aromatic carbocycles. The lowest BCUT2D eigenvalue weighted by atomic mass is 9.89. The number of benzene rings is 2. The maximum Gasteiger partial charge on any atom is 0.293 e. The third-order valence-electron chi connectivity index (χ3n) is 6.34. The van der Waals surface area contributed by atoms with Crippen molar-refractivity contribution in [2.75, 3.05) is 6.54 Å². The molecule has 1 saturated heterocycles. The number of imide groups is 1. The monoisotopic (exact) mass is 430 g/mol. The molecule has 0 unspecified atom stereocenters. The van der Waals surface area contributed by atoms with Crippen molar-refractivity contribution >= 4 is 39.9 Å². The summed E-state index contributed by atoms with van der Waals surface area (Å²) in [5, 5.41) is 0.965. The highest BCUT2D eigenvalue weighted by atomic mass is 32.2. The maximum absolute atomic E-state index is 13.0. The molecule has 31 heavy (non-hydrogen) atoms. The molecule has 1 saturated carbocycles. The van der Waals surface area contributed by atoms with Gasteiger partial charge in [0.1, 0.15) is 0 Å². The van der Waals surface area contributed by atoms with Crippen LogP contribution in [0.4, 0.5) is 4.79 Å². The van der Waals surface area contributed by atoms with E-state index < -0.39 is 0 Å². The van der Waals surface area contributed by atoms with Gasteiger partial charge < -0.3 is 4.57 Å². The molecule has 3 aromatic rings. The van der Waals surface area contributed by atoms with Crippen molar-refractivity contribution in [3.63, 3.8) is 0 Å². The molecule has 5 heteroatoms. The van der Waals surface area contributed by atoms with Crippen molar-refractivity contribution in [2.45, 2.75) is 38.6 Å². The van der Waals surface area contributed by atoms with Gasteiger partial charge in [0, 0.05) is 35.8 Å². The highest BCUT2D eigenvalue weighted by Gasteiger charge is 2.36. The summed E-state index contributed by atoms with van der Waals surface area (Å²) in [6.45, 7) is 1.33. The number of fused-ring (bicyclic) bond motifs is 1. The van der Waals surface area contributed by atoms with Gasteiger partial charge in [-0.2, -0.15) is 0 Å². The predicted octanol–water partition coefficient (Wildman–Crippen LogP) is 6.31. The summed E-state index contributed by atoms with van der Waals surface area (Å²) in [5.41, 5.74) is 3.33. The third kappa shape index (κ3) is 4.19. The fourth-order valence-electron chi connectivity index (χ4n) is 4.73. The van der Waals surface area contributed by atoms with Crippen molar-refractivity contribution < 1.29 is 9.59 Å². The van der Waals surface area contributed by atoms with Gasteiger partial charge in [-0.1, -0.05) is 67.8 Å². The molecule has 0 bridgehead atoms. The quantitative estimate of drug-likeness (QED) is 0.446. The summed E-state index contributed by atoms with van der Waals surface area (Å²) in [6.07, 6.45) is 9.91. The van der Waals surface area contributed by atoms with Gasteiger partial charge in [-0.3, -0.25) is 14.5 Å². The minimum atomic E-state index is -0.138. The molecule has 0 N–H and O–H groups in total. The summed E-state index contributed by atoms with van der Waals surface area (Å²) >= 11 is 1.08. The lowest BCUT2D eigenvalue weighted by Gasteiger charge is -2.25. The molecule has 2 aliphatic rings. The molecular weight excluding hydrogens is 404 g/mol. The van der Waals surface area contributed by atoms with Crippen LogP contribution in [0.15, 0.2) is 65.7 Å². The van der Waals surface area contributed by atoms with E-state index in [4.69, 9.17) is 0 Å². The van der Waals surface area contributed by atoms with E-state index in [9.17, 15) is 9.59 Å². The Balaban J connectivity index is 1.43. The number of carbonyl (C=O) groups is 2. The first-order valence-corrected chi connectivity index (χ1v) is 11.9. The van der Waals surface area contributed by atoms with E-state index in [0.29, 0.717) is 17.4 Å². The van der Waals surface area contributed by atoms with Crippen molar-refractivity contribution in [1.29, 1.82) is 0 Å². The van der Waals surface area contributed by atoms with E-state index in [1.54, 1.807) is 0 Å². The Morgan fingerprint density at radius 3 is 2.48 bits per heavy atom. The number of aromatic nitrogens is 1. The SMILES string of the molecule is O=C1S/C(=C/c2cn(Cc3ccccc3)c3ccccc23)C(=O)N1CC1CCCCC1. The molecule has 158 valence electrons. The number of thioether (sulfide) groups is 1. The first kappa shape index (κ1) is 20.1. The maximum atomic E-state index is 13.0. The van der Waals surface area contributed by atoms with Crippen molar-refractivity contribution in [3.05, 3.63) is 76.8 Å². The first-order chi connectivity index (χ1) is 15.2. The van der Waals surface area contributed by atoms with Crippen molar-refractivity contribution in [2.24, 2.45) is 5.92 Å². The molecule has 2 heterocycles. The molecule has 0 radical (unpaired) electrons. The Morgan fingerprint density at radius 2 is 1.68 bits per heavy atom. The number of hydrogen-bond donors (Lipinski definition) is 0. The minimum Gasteiger partial charge on any atom is -0.342 e. The topological polar surface area (TPSA) is 42.3 Å². The van der Waals surface area contributed by atoms with Crippen LogP contribution < -0.4 is 0 Å². The van der Waals surface area contributed by atoms with Crippen LogP contribution in [-0.4, -0.2) is 27.2 Å². The molecule has 0 atom stereocenters. The van der Waals surface area contributed by atoms with Crippen LogP contribution in [0, 0.1) is 5.92 Å². The number of carbonyl (C=O) groups excluding carboxylic acids is 2. The molecule has 4 nitrogen and oxygen atoms in total. The zero-order valence-electron chi connectivity index (χ0n) is 17.5. The van der Waals surface area contributed by atoms with Crippen LogP contribution in [0.5, 0.6) is 0 Å². The van der Waals surface area contributed by atoms with E-state index in [-0.39, 0.29) is 11.1 Å². The lowest BCUT2D eigenvalue weighted by molar-refractivity contribution is -0.123. The summed E-state index contributed by atoms with van der Waals surface area (Å²) in [5.74, 6) is 0.315. The Kier molecular flexibility index (Phi) is 5.68. The zero-order chi connectivity index (χ0) is 21.2. The summed E-state index contributed by atoms with van der Waals surface area (Å²) in [7, 11) is 0. The van der Waals surface area contributed by atoms with Gasteiger partial charge in [-0.15, -0.1) is 0 Å². The van der Waals surface area contributed by atoms with Crippen LogP contribution in [-0.2, 0) is 11.3 Å². The van der Waals surface area contributed by atoms with E-state index in [0.717, 1.165) is 47.6 Å². The van der Waals surface area contributed by atoms with Crippen LogP contribution >= 0.6 is 11.8 Å². The molecule has 2 fully saturated rings. The smallest absolute Gasteiger partial charge is 0.293 e. The lowest BCUT2D eigenvalue weighted by Crippen LogP contribution is -2.34. The molecule has 2 amide bonds. The number of para-hydroxylation sites is 1. The van der Waals surface area contributed by atoms with Gasteiger partial charge in [0.15, 0.2) is 0 Å². The molecular formula is C26H26N2O2S. The van der Waals surface area contributed by atoms with Crippen LogP contribution in [0.25, 0.3) is 17.0 Å². The highest BCUT2D eigenvalue weighted by molar-refractivity contribution is 8.18. The van der Waals surface area contributed by atoms with Crippen LogP contribution in [0.3, 0.4) is 0 Å². The fraction of sp³-hybridized carbons (Fsp3) is 0.308. The Bertz CT molecular complexity index is 1140. The Labute approximate surface area is 186 Å². The van der Waals surface area contributed by atoms with Crippen molar-refractivity contribution in [3.8, 4) is 0 Å². The number of rotatable bonds is 5.